The van der Waals surface area contributed by atoms with Crippen LogP contribution >= 0.6 is 0 Å². The van der Waals surface area contributed by atoms with Gasteiger partial charge in [-0.3, -0.25) is 4.79 Å². The van der Waals surface area contributed by atoms with E-state index < -0.39 is 0 Å². The second-order valence-electron chi connectivity index (χ2n) is 2.82. The van der Waals surface area contributed by atoms with E-state index in [0.717, 1.165) is 17.9 Å². The van der Waals surface area contributed by atoms with Crippen molar-refractivity contribution < 1.29 is 4.79 Å². The van der Waals surface area contributed by atoms with E-state index in [1.165, 1.54) is 0 Å². The minimum atomic E-state index is 0.126. The number of carbonyl (C=O) groups is 1. The Kier molecular flexibility index (Phi) is 2.58. The quantitative estimate of drug-likeness (QED) is 0.667. The summed E-state index contributed by atoms with van der Waals surface area (Å²) in [7, 11) is 0. The fourth-order valence-corrected chi connectivity index (χ4v) is 1.10. The minimum Gasteiger partial charge on any atom is -0.300 e. The van der Waals surface area contributed by atoms with Gasteiger partial charge in [-0.1, -0.05) is 5.21 Å². The number of hydrogen-bond donors (Lipinski definition) is 0. The molecule has 66 valence electrons. The van der Waals surface area contributed by atoms with Crippen LogP contribution in [0.2, 0.25) is 0 Å². The van der Waals surface area contributed by atoms with Crippen molar-refractivity contribution in [1.29, 1.82) is 0 Å². The number of rotatable bonds is 3. The topological polar surface area (TPSA) is 47.8 Å². The van der Waals surface area contributed by atoms with Gasteiger partial charge >= 0.3 is 0 Å². The van der Waals surface area contributed by atoms with Crippen LogP contribution < -0.4 is 0 Å². The number of hydrogen-bond acceptors (Lipinski definition) is 3. The zero-order valence-corrected chi connectivity index (χ0v) is 7.66. The summed E-state index contributed by atoms with van der Waals surface area (Å²) in [4.78, 5) is 10.8. The predicted octanol–water partition coefficient (Wildman–Crippen LogP) is 0.738. The van der Waals surface area contributed by atoms with Crippen molar-refractivity contribution in [1.82, 2.24) is 15.0 Å². The molecule has 1 aromatic heterocycles. The van der Waals surface area contributed by atoms with E-state index in [1.54, 1.807) is 11.6 Å². The highest BCUT2D eigenvalue weighted by Crippen LogP contribution is 2.04. The summed E-state index contributed by atoms with van der Waals surface area (Å²) in [5.74, 6) is 0.126. The summed E-state index contributed by atoms with van der Waals surface area (Å²) in [6.45, 7) is 6.29. The van der Waals surface area contributed by atoms with Crippen LogP contribution in [0.4, 0.5) is 0 Å². The van der Waals surface area contributed by atoms with Crippen LogP contribution in [0.3, 0.4) is 0 Å². The molecule has 1 heterocycles. The van der Waals surface area contributed by atoms with Crippen molar-refractivity contribution in [3.63, 3.8) is 0 Å². The highest BCUT2D eigenvalue weighted by Gasteiger charge is 2.08. The maximum Gasteiger partial charge on any atom is 0.135 e. The fourth-order valence-electron chi connectivity index (χ4n) is 1.10. The molecule has 0 aromatic carbocycles. The molecule has 0 bridgehead atoms. The van der Waals surface area contributed by atoms with Crippen molar-refractivity contribution in [2.75, 3.05) is 0 Å². The van der Waals surface area contributed by atoms with Crippen LogP contribution in [0, 0.1) is 6.92 Å². The molecule has 0 N–H and O–H groups in total. The summed E-state index contributed by atoms with van der Waals surface area (Å²) in [5, 5.41) is 7.82. The van der Waals surface area contributed by atoms with Gasteiger partial charge in [-0.25, -0.2) is 4.68 Å². The van der Waals surface area contributed by atoms with Gasteiger partial charge in [0.25, 0.3) is 0 Å². The Labute approximate surface area is 71.6 Å². The molecule has 12 heavy (non-hydrogen) atoms. The Bertz CT molecular complexity index is 290. The standard InChI is InChI=1S/C8H13N3O/c1-4-11-7(3)8(9-10-11)5-6(2)12/h4-5H2,1-3H3. The molecule has 0 amide bonds. The molecule has 0 spiro atoms. The van der Waals surface area contributed by atoms with Crippen LogP contribution in [0.1, 0.15) is 25.2 Å². The van der Waals surface area contributed by atoms with Crippen LogP contribution in [0.5, 0.6) is 0 Å². The summed E-state index contributed by atoms with van der Waals surface area (Å²) < 4.78 is 1.79. The summed E-state index contributed by atoms with van der Waals surface area (Å²) in [6, 6.07) is 0. The van der Waals surface area contributed by atoms with Crippen molar-refractivity contribution in [2.45, 2.75) is 33.7 Å². The molecule has 0 saturated heterocycles. The maximum absolute atomic E-state index is 10.8. The van der Waals surface area contributed by atoms with E-state index in [4.69, 9.17) is 0 Å². The number of nitrogens with zero attached hydrogens (tertiary/aromatic N) is 3. The molecule has 0 aliphatic carbocycles. The van der Waals surface area contributed by atoms with E-state index >= 15 is 0 Å². The first-order valence-corrected chi connectivity index (χ1v) is 4.03. The molecule has 0 unspecified atom stereocenters. The lowest BCUT2D eigenvalue weighted by Crippen LogP contribution is -2.01. The maximum atomic E-state index is 10.8. The molecule has 0 aliphatic heterocycles. The SMILES string of the molecule is CCn1nnc(CC(C)=O)c1C. The number of carbonyl (C=O) groups excluding carboxylic acids is 1. The third-order valence-corrected chi connectivity index (χ3v) is 1.79. The van der Waals surface area contributed by atoms with E-state index in [9.17, 15) is 4.79 Å². The molecule has 0 saturated carbocycles. The largest absolute Gasteiger partial charge is 0.300 e. The van der Waals surface area contributed by atoms with Crippen LogP contribution in [0.25, 0.3) is 0 Å². The van der Waals surface area contributed by atoms with Crippen molar-refractivity contribution >= 4 is 5.78 Å². The molecule has 0 aliphatic rings. The van der Waals surface area contributed by atoms with Crippen molar-refractivity contribution in [3.8, 4) is 0 Å². The van der Waals surface area contributed by atoms with Gasteiger partial charge in [-0.05, 0) is 20.8 Å². The summed E-state index contributed by atoms with van der Waals surface area (Å²) in [6.07, 6.45) is 0.395. The van der Waals surface area contributed by atoms with Gasteiger partial charge in [0, 0.05) is 6.54 Å². The Balaban J connectivity index is 2.87. The molecular formula is C8H13N3O. The second kappa shape index (κ2) is 3.47. The molecule has 0 atom stereocenters. The lowest BCUT2D eigenvalue weighted by molar-refractivity contribution is -0.116. The fraction of sp³-hybridized carbons (Fsp3) is 0.625. The predicted molar refractivity (Wildman–Crippen MR) is 44.8 cm³/mol. The first-order valence-electron chi connectivity index (χ1n) is 4.03. The molecule has 0 radical (unpaired) electrons. The average Bonchev–Trinajstić information content (AvgIpc) is 2.32. The van der Waals surface area contributed by atoms with Gasteiger partial charge in [0.15, 0.2) is 0 Å². The van der Waals surface area contributed by atoms with Gasteiger partial charge in [0.1, 0.15) is 5.78 Å². The molecule has 0 fully saturated rings. The van der Waals surface area contributed by atoms with Gasteiger partial charge in [-0.15, -0.1) is 5.10 Å². The van der Waals surface area contributed by atoms with Crippen molar-refractivity contribution in [2.24, 2.45) is 0 Å². The number of ketones is 1. The Hall–Kier alpha value is -1.19. The highest BCUT2D eigenvalue weighted by molar-refractivity contribution is 5.77. The molecule has 1 rings (SSSR count). The first-order chi connectivity index (χ1) is 5.65. The summed E-state index contributed by atoms with van der Waals surface area (Å²) in [5.41, 5.74) is 1.79. The molecule has 4 nitrogen and oxygen atoms in total. The number of aromatic nitrogens is 3. The zero-order chi connectivity index (χ0) is 9.14. The molecule has 1 aromatic rings. The van der Waals surface area contributed by atoms with Gasteiger partial charge < -0.3 is 0 Å². The van der Waals surface area contributed by atoms with Crippen LogP contribution in [-0.2, 0) is 17.8 Å². The lowest BCUT2D eigenvalue weighted by Gasteiger charge is -1.97. The van der Waals surface area contributed by atoms with Gasteiger partial charge in [0.05, 0.1) is 17.8 Å². The zero-order valence-electron chi connectivity index (χ0n) is 7.66. The van der Waals surface area contributed by atoms with E-state index in [2.05, 4.69) is 10.3 Å². The lowest BCUT2D eigenvalue weighted by atomic mass is 10.2. The van der Waals surface area contributed by atoms with Crippen LogP contribution in [-0.4, -0.2) is 20.8 Å². The minimum absolute atomic E-state index is 0.126. The molecular weight excluding hydrogens is 154 g/mol. The molecule has 4 heteroatoms. The van der Waals surface area contributed by atoms with Crippen molar-refractivity contribution in [3.05, 3.63) is 11.4 Å². The second-order valence-corrected chi connectivity index (χ2v) is 2.82. The normalized spacial score (nSPS) is 10.2. The Morgan fingerprint density at radius 3 is 2.67 bits per heavy atom. The smallest absolute Gasteiger partial charge is 0.135 e. The average molecular weight is 167 g/mol. The van der Waals surface area contributed by atoms with E-state index in [1.807, 2.05) is 13.8 Å². The van der Waals surface area contributed by atoms with Gasteiger partial charge in [0.2, 0.25) is 0 Å². The monoisotopic (exact) mass is 167 g/mol. The van der Waals surface area contributed by atoms with E-state index in [-0.39, 0.29) is 5.78 Å². The van der Waals surface area contributed by atoms with Crippen LogP contribution in [0.15, 0.2) is 0 Å². The summed E-state index contributed by atoms with van der Waals surface area (Å²) >= 11 is 0. The van der Waals surface area contributed by atoms with E-state index in [0.29, 0.717) is 6.42 Å². The Morgan fingerprint density at radius 1 is 1.58 bits per heavy atom. The number of Topliss-reactive ketones (excluding diaryl/α,β-unsaturated/α-hetero) is 1. The Morgan fingerprint density at radius 2 is 2.25 bits per heavy atom. The number of aryl methyl sites for hydroxylation is 1. The van der Waals surface area contributed by atoms with Gasteiger partial charge in [-0.2, -0.15) is 0 Å². The first kappa shape index (κ1) is 8.90. The third kappa shape index (κ3) is 1.69. The highest BCUT2D eigenvalue weighted by atomic mass is 16.1. The third-order valence-electron chi connectivity index (χ3n) is 1.79.